The second-order valence-corrected chi connectivity index (χ2v) is 7.47. The highest BCUT2D eigenvalue weighted by Gasteiger charge is 2.28. The molecule has 2 aromatic rings. The van der Waals surface area contributed by atoms with Crippen LogP contribution in [0.1, 0.15) is 29.3 Å². The maximum Gasteiger partial charge on any atom is 0.171 e. The minimum Gasteiger partial charge on any atom is -0.356 e. The Labute approximate surface area is 147 Å². The van der Waals surface area contributed by atoms with Crippen LogP contribution in [-0.2, 0) is 0 Å². The van der Waals surface area contributed by atoms with Gasteiger partial charge in [-0.2, -0.15) is 0 Å². The molecular formula is C18H24N3S2+. The molecule has 1 saturated heterocycles. The quantitative estimate of drug-likeness (QED) is 0.727. The Hall–Kier alpha value is -1.43. The van der Waals surface area contributed by atoms with Gasteiger partial charge in [-0.1, -0.05) is 24.3 Å². The van der Waals surface area contributed by atoms with Crippen LogP contribution in [-0.4, -0.2) is 24.7 Å². The fraction of sp³-hybridized carbons (Fsp3) is 0.389. The van der Waals surface area contributed by atoms with E-state index < -0.39 is 0 Å². The van der Waals surface area contributed by atoms with E-state index in [2.05, 4.69) is 47.2 Å². The molecule has 0 radical (unpaired) electrons. The van der Waals surface area contributed by atoms with Gasteiger partial charge in [-0.25, -0.2) is 0 Å². The Morgan fingerprint density at radius 1 is 1.22 bits per heavy atom. The monoisotopic (exact) mass is 346 g/mol. The number of quaternary nitrogens is 1. The smallest absolute Gasteiger partial charge is 0.171 e. The van der Waals surface area contributed by atoms with Gasteiger partial charge in [0.15, 0.2) is 5.11 Å². The van der Waals surface area contributed by atoms with Crippen LogP contribution < -0.4 is 15.5 Å². The highest BCUT2D eigenvalue weighted by molar-refractivity contribution is 7.80. The van der Waals surface area contributed by atoms with Gasteiger partial charge >= 0.3 is 0 Å². The standard InChI is InChI=1S/C18H23N3S2/c1-14-7-2-3-8-15(14)20-18(22)19-13-16(17-9-6-12-23-17)21-10-4-5-11-21/h2-3,6-9,12,16H,4-5,10-11,13H2,1H3,(H2,19,20,22)/p+1/t16-/m1/s1. The number of benzene rings is 1. The third-order valence-electron chi connectivity index (χ3n) is 4.49. The largest absolute Gasteiger partial charge is 0.356 e. The Balaban J connectivity index is 1.60. The first kappa shape index (κ1) is 16.4. The number of thiophene rings is 1. The summed E-state index contributed by atoms with van der Waals surface area (Å²) in [4.78, 5) is 3.13. The Morgan fingerprint density at radius 3 is 2.70 bits per heavy atom. The normalized spacial score (nSPS) is 16.2. The Bertz CT molecular complexity index is 633. The molecule has 3 rings (SSSR count). The molecule has 5 heteroatoms. The lowest BCUT2D eigenvalue weighted by Gasteiger charge is -2.24. The van der Waals surface area contributed by atoms with E-state index in [0.29, 0.717) is 11.2 Å². The van der Waals surface area contributed by atoms with Crippen LogP contribution in [0, 0.1) is 6.92 Å². The zero-order valence-corrected chi connectivity index (χ0v) is 15.1. The van der Waals surface area contributed by atoms with Crippen LogP contribution >= 0.6 is 23.6 Å². The third kappa shape index (κ3) is 4.31. The van der Waals surface area contributed by atoms with Gasteiger partial charge in [0.25, 0.3) is 0 Å². The van der Waals surface area contributed by atoms with Gasteiger partial charge in [0.1, 0.15) is 6.04 Å². The van der Waals surface area contributed by atoms with Crippen molar-refractivity contribution in [2.24, 2.45) is 0 Å². The summed E-state index contributed by atoms with van der Waals surface area (Å²) in [5.41, 5.74) is 2.28. The number of anilines is 1. The summed E-state index contributed by atoms with van der Waals surface area (Å²) in [6.45, 7) is 5.51. The van der Waals surface area contributed by atoms with Crippen LogP contribution in [0.25, 0.3) is 0 Å². The fourth-order valence-corrected chi connectivity index (χ4v) is 4.27. The minimum absolute atomic E-state index is 0.495. The van der Waals surface area contributed by atoms with E-state index in [1.807, 2.05) is 23.5 Å². The van der Waals surface area contributed by atoms with Crippen molar-refractivity contribution in [3.8, 4) is 0 Å². The summed E-state index contributed by atoms with van der Waals surface area (Å²) in [6.07, 6.45) is 2.67. The average Bonchev–Trinajstić information content (AvgIpc) is 3.23. The molecule has 23 heavy (non-hydrogen) atoms. The van der Waals surface area contributed by atoms with E-state index in [1.165, 1.54) is 36.4 Å². The van der Waals surface area contributed by atoms with E-state index in [1.54, 1.807) is 4.90 Å². The van der Waals surface area contributed by atoms with Crippen LogP contribution in [0.5, 0.6) is 0 Å². The molecule has 1 aliphatic rings. The lowest BCUT2D eigenvalue weighted by Crippen LogP contribution is -3.11. The van der Waals surface area contributed by atoms with E-state index in [4.69, 9.17) is 12.2 Å². The van der Waals surface area contributed by atoms with Crippen molar-refractivity contribution in [3.63, 3.8) is 0 Å². The number of rotatable bonds is 5. The summed E-state index contributed by atoms with van der Waals surface area (Å²) in [6, 6.07) is 13.1. The molecule has 3 N–H and O–H groups in total. The third-order valence-corrected chi connectivity index (χ3v) is 5.72. The summed E-state index contributed by atoms with van der Waals surface area (Å²) >= 11 is 7.34. The van der Waals surface area contributed by atoms with Crippen molar-refractivity contribution < 1.29 is 4.90 Å². The molecule has 1 fully saturated rings. The molecule has 0 saturated carbocycles. The Kier molecular flexibility index (Phi) is 5.65. The molecule has 1 aromatic heterocycles. The van der Waals surface area contributed by atoms with Crippen molar-refractivity contribution in [2.75, 3.05) is 25.0 Å². The lowest BCUT2D eigenvalue weighted by molar-refractivity contribution is -0.918. The summed E-state index contributed by atoms with van der Waals surface area (Å²) in [5, 5.41) is 9.62. The summed E-state index contributed by atoms with van der Waals surface area (Å²) in [5.74, 6) is 0. The van der Waals surface area contributed by atoms with Crippen molar-refractivity contribution in [1.82, 2.24) is 5.32 Å². The highest BCUT2D eigenvalue weighted by atomic mass is 32.1. The molecule has 0 aliphatic carbocycles. The summed E-state index contributed by atoms with van der Waals surface area (Å²) in [7, 11) is 0. The fourth-order valence-electron chi connectivity index (χ4n) is 3.19. The zero-order valence-electron chi connectivity index (χ0n) is 13.5. The molecule has 2 heterocycles. The first-order valence-electron chi connectivity index (χ1n) is 8.22. The topological polar surface area (TPSA) is 28.5 Å². The molecule has 0 spiro atoms. The SMILES string of the molecule is Cc1ccccc1NC(=S)NC[C@H](c1cccs1)[NH+]1CCCC1. The van der Waals surface area contributed by atoms with Crippen molar-refractivity contribution >= 4 is 34.4 Å². The Morgan fingerprint density at radius 2 is 2.00 bits per heavy atom. The molecule has 1 atom stereocenters. The van der Waals surface area contributed by atoms with Gasteiger partial charge in [0.2, 0.25) is 0 Å². The number of likely N-dealkylation sites (tertiary alicyclic amines) is 1. The molecule has 1 aromatic carbocycles. The predicted octanol–water partition coefficient (Wildman–Crippen LogP) is 2.76. The van der Waals surface area contributed by atoms with E-state index in [9.17, 15) is 0 Å². The molecule has 1 aliphatic heterocycles. The van der Waals surface area contributed by atoms with Gasteiger partial charge in [-0.15, -0.1) is 11.3 Å². The maximum absolute atomic E-state index is 5.49. The number of hydrogen-bond acceptors (Lipinski definition) is 2. The molecule has 122 valence electrons. The predicted molar refractivity (Wildman–Crippen MR) is 102 cm³/mol. The van der Waals surface area contributed by atoms with Crippen molar-refractivity contribution in [2.45, 2.75) is 25.8 Å². The average molecular weight is 347 g/mol. The van der Waals surface area contributed by atoms with Crippen molar-refractivity contribution in [3.05, 3.63) is 52.2 Å². The molecule has 0 amide bonds. The number of para-hydroxylation sites is 1. The van der Waals surface area contributed by atoms with Crippen LogP contribution in [0.15, 0.2) is 41.8 Å². The second-order valence-electron chi connectivity index (χ2n) is 6.08. The molecule has 0 bridgehead atoms. The minimum atomic E-state index is 0.495. The van der Waals surface area contributed by atoms with E-state index in [-0.39, 0.29) is 0 Å². The zero-order chi connectivity index (χ0) is 16.1. The number of aryl methyl sites for hydroxylation is 1. The van der Waals surface area contributed by atoms with E-state index >= 15 is 0 Å². The molecule has 0 unspecified atom stereocenters. The maximum atomic E-state index is 5.49. The number of thiocarbonyl (C=S) groups is 1. The second kappa shape index (κ2) is 7.90. The van der Waals surface area contributed by atoms with Gasteiger partial charge in [-0.05, 0) is 42.2 Å². The number of hydrogen-bond donors (Lipinski definition) is 3. The van der Waals surface area contributed by atoms with Gasteiger partial charge < -0.3 is 15.5 Å². The van der Waals surface area contributed by atoms with E-state index in [0.717, 1.165) is 12.2 Å². The van der Waals surface area contributed by atoms with Gasteiger partial charge in [0.05, 0.1) is 24.5 Å². The van der Waals surface area contributed by atoms with Crippen molar-refractivity contribution in [1.29, 1.82) is 0 Å². The number of nitrogens with one attached hydrogen (secondary N) is 3. The van der Waals surface area contributed by atoms with Crippen LogP contribution in [0.4, 0.5) is 5.69 Å². The summed E-state index contributed by atoms with van der Waals surface area (Å²) < 4.78 is 0. The van der Waals surface area contributed by atoms with Gasteiger partial charge in [0, 0.05) is 18.5 Å². The first-order valence-corrected chi connectivity index (χ1v) is 9.51. The lowest BCUT2D eigenvalue weighted by atomic mass is 10.2. The molecule has 3 nitrogen and oxygen atoms in total. The molecular weight excluding hydrogens is 322 g/mol. The van der Waals surface area contributed by atoms with Gasteiger partial charge in [-0.3, -0.25) is 0 Å². The van der Waals surface area contributed by atoms with Crippen LogP contribution in [0.2, 0.25) is 0 Å². The first-order chi connectivity index (χ1) is 11.2. The highest BCUT2D eigenvalue weighted by Crippen LogP contribution is 2.17. The van der Waals surface area contributed by atoms with Crippen LogP contribution in [0.3, 0.4) is 0 Å².